The number of ether oxygens (including phenoxy) is 3. The lowest BCUT2D eigenvalue weighted by atomic mass is 10.1. The second kappa shape index (κ2) is 13.4. The van der Waals surface area contributed by atoms with Gasteiger partial charge in [-0.15, -0.1) is 0 Å². The molecule has 188 valence electrons. The average Bonchev–Trinajstić information content (AvgIpc) is 3.40. The third-order valence-electron chi connectivity index (χ3n) is 5.29. The van der Waals surface area contributed by atoms with Crippen molar-refractivity contribution in [3.63, 3.8) is 0 Å². The van der Waals surface area contributed by atoms with E-state index in [1.165, 1.54) is 0 Å². The summed E-state index contributed by atoms with van der Waals surface area (Å²) in [6.07, 6.45) is 2.81. The van der Waals surface area contributed by atoms with Crippen LogP contribution < -0.4 is 24.8 Å². The molecule has 1 heterocycles. The van der Waals surface area contributed by atoms with Gasteiger partial charge in [-0.05, 0) is 55.3 Å². The second-order valence-electron chi connectivity index (χ2n) is 7.99. The summed E-state index contributed by atoms with van der Waals surface area (Å²) in [5.74, 6) is 2.36. The number of hydrogen-bond donors (Lipinski definition) is 3. The van der Waals surface area contributed by atoms with Crippen LogP contribution in [-0.4, -0.2) is 56.2 Å². The molecule has 0 unspecified atom stereocenters. The molecule has 3 rings (SSSR count). The minimum absolute atomic E-state index is 0.0562. The van der Waals surface area contributed by atoms with Crippen molar-refractivity contribution in [1.29, 1.82) is 0 Å². The first-order valence-electron chi connectivity index (χ1n) is 11.6. The fourth-order valence-electron chi connectivity index (χ4n) is 3.51. The summed E-state index contributed by atoms with van der Waals surface area (Å²) in [5.41, 5.74) is 2.38. The SMILES string of the molecule is CCCC(=O)Nc1ccc(OC[C@@H](O)CNCCc2ccc(OC)c(OC)c2)c(-c2ccno2)c1. The standard InChI is InChI=1S/C26H33N3O6/c1-4-5-26(31)29-19-7-9-22(21(15-19)23-11-13-28-35-23)34-17-20(30)16-27-12-10-18-6-8-24(32-2)25(14-18)33-3/h6-9,11,13-15,20,27,30H,4-5,10,12,16-17H2,1-3H3,(H,29,31)/t20-/m0/s1. The number of aromatic nitrogens is 1. The molecule has 0 aliphatic heterocycles. The van der Waals surface area contributed by atoms with Gasteiger partial charge in [-0.25, -0.2) is 0 Å². The first kappa shape index (κ1) is 26.1. The Balaban J connectivity index is 1.51. The van der Waals surface area contributed by atoms with Crippen LogP contribution in [-0.2, 0) is 11.2 Å². The van der Waals surface area contributed by atoms with Crippen LogP contribution in [0.15, 0.2) is 53.2 Å². The molecule has 1 aromatic heterocycles. The summed E-state index contributed by atoms with van der Waals surface area (Å²) in [6.45, 7) is 3.09. The van der Waals surface area contributed by atoms with Gasteiger partial charge in [-0.1, -0.05) is 18.1 Å². The van der Waals surface area contributed by atoms with Crippen LogP contribution in [0.1, 0.15) is 25.3 Å². The van der Waals surface area contributed by atoms with Crippen molar-refractivity contribution in [1.82, 2.24) is 10.5 Å². The first-order valence-corrected chi connectivity index (χ1v) is 11.6. The zero-order valence-corrected chi connectivity index (χ0v) is 20.4. The van der Waals surface area contributed by atoms with Crippen molar-refractivity contribution < 1.29 is 28.6 Å². The van der Waals surface area contributed by atoms with Crippen molar-refractivity contribution in [2.45, 2.75) is 32.3 Å². The maximum Gasteiger partial charge on any atom is 0.224 e. The van der Waals surface area contributed by atoms with Crippen molar-refractivity contribution in [3.8, 4) is 28.6 Å². The first-order chi connectivity index (χ1) is 17.0. The number of carbonyl (C=O) groups excluding carboxylic acids is 1. The molecular weight excluding hydrogens is 450 g/mol. The molecule has 0 fully saturated rings. The smallest absolute Gasteiger partial charge is 0.224 e. The highest BCUT2D eigenvalue weighted by molar-refractivity contribution is 5.91. The largest absolute Gasteiger partial charge is 0.493 e. The number of amides is 1. The fourth-order valence-corrected chi connectivity index (χ4v) is 3.51. The number of aliphatic hydroxyl groups excluding tert-OH is 1. The maximum atomic E-state index is 12.0. The molecule has 1 atom stereocenters. The van der Waals surface area contributed by atoms with Gasteiger partial charge in [0.15, 0.2) is 17.3 Å². The van der Waals surface area contributed by atoms with E-state index in [-0.39, 0.29) is 12.5 Å². The minimum atomic E-state index is -0.716. The van der Waals surface area contributed by atoms with E-state index in [4.69, 9.17) is 18.7 Å². The summed E-state index contributed by atoms with van der Waals surface area (Å²) in [6, 6.07) is 12.8. The molecule has 9 heteroatoms. The number of methoxy groups -OCH3 is 2. The lowest BCUT2D eigenvalue weighted by Gasteiger charge is -2.16. The van der Waals surface area contributed by atoms with E-state index in [9.17, 15) is 9.90 Å². The second-order valence-corrected chi connectivity index (χ2v) is 7.99. The molecule has 0 aliphatic carbocycles. The van der Waals surface area contributed by atoms with Gasteiger partial charge in [0, 0.05) is 24.7 Å². The lowest BCUT2D eigenvalue weighted by molar-refractivity contribution is -0.116. The molecule has 3 aromatic rings. The number of anilines is 1. The quantitative estimate of drug-likeness (QED) is 0.298. The molecule has 0 spiro atoms. The van der Waals surface area contributed by atoms with E-state index in [1.807, 2.05) is 25.1 Å². The van der Waals surface area contributed by atoms with Gasteiger partial charge < -0.3 is 34.5 Å². The Kier molecular flexibility index (Phi) is 9.94. The lowest BCUT2D eigenvalue weighted by Crippen LogP contribution is -2.32. The Morgan fingerprint density at radius 1 is 1.09 bits per heavy atom. The maximum absolute atomic E-state index is 12.0. The van der Waals surface area contributed by atoms with E-state index in [2.05, 4.69) is 15.8 Å². The molecule has 3 N–H and O–H groups in total. The van der Waals surface area contributed by atoms with Crippen molar-refractivity contribution >= 4 is 11.6 Å². The Morgan fingerprint density at radius 3 is 2.60 bits per heavy atom. The van der Waals surface area contributed by atoms with E-state index < -0.39 is 6.10 Å². The van der Waals surface area contributed by atoms with Crippen LogP contribution in [0.2, 0.25) is 0 Å². The predicted octanol–water partition coefficient (Wildman–Crippen LogP) is 3.67. The number of nitrogens with zero attached hydrogens (tertiary/aromatic N) is 1. The fraction of sp³-hybridized carbons (Fsp3) is 0.385. The van der Waals surface area contributed by atoms with E-state index in [0.29, 0.717) is 53.8 Å². The van der Waals surface area contributed by atoms with Gasteiger partial charge in [-0.2, -0.15) is 0 Å². The number of benzene rings is 2. The van der Waals surface area contributed by atoms with Crippen LogP contribution >= 0.6 is 0 Å². The van der Waals surface area contributed by atoms with E-state index in [0.717, 1.165) is 18.4 Å². The molecule has 0 saturated heterocycles. The topological polar surface area (TPSA) is 115 Å². The molecule has 0 radical (unpaired) electrons. The highest BCUT2D eigenvalue weighted by atomic mass is 16.5. The van der Waals surface area contributed by atoms with E-state index >= 15 is 0 Å². The normalized spacial score (nSPS) is 11.7. The highest BCUT2D eigenvalue weighted by Gasteiger charge is 2.14. The van der Waals surface area contributed by atoms with Gasteiger partial charge in [-0.3, -0.25) is 4.79 Å². The van der Waals surface area contributed by atoms with E-state index in [1.54, 1.807) is 44.7 Å². The molecule has 1 amide bonds. The van der Waals surface area contributed by atoms with Crippen LogP contribution in [0.5, 0.6) is 17.2 Å². The number of hydrogen-bond acceptors (Lipinski definition) is 8. The number of carbonyl (C=O) groups is 1. The van der Waals surface area contributed by atoms with Crippen LogP contribution in [0.25, 0.3) is 11.3 Å². The van der Waals surface area contributed by atoms with Gasteiger partial charge in [0.05, 0.1) is 26.0 Å². The van der Waals surface area contributed by atoms with Crippen molar-refractivity contribution in [2.75, 3.05) is 39.2 Å². The highest BCUT2D eigenvalue weighted by Crippen LogP contribution is 2.33. The Hall–Kier alpha value is -3.56. The molecule has 0 bridgehead atoms. The number of aliphatic hydroxyl groups is 1. The average molecular weight is 484 g/mol. The van der Waals surface area contributed by atoms with Gasteiger partial charge in [0.25, 0.3) is 0 Å². The van der Waals surface area contributed by atoms with Crippen molar-refractivity contribution in [2.24, 2.45) is 0 Å². The van der Waals surface area contributed by atoms with Gasteiger partial charge in [0.1, 0.15) is 18.5 Å². The Morgan fingerprint density at radius 2 is 1.89 bits per heavy atom. The summed E-state index contributed by atoms with van der Waals surface area (Å²) in [5, 5.41) is 20.3. The number of nitrogens with one attached hydrogen (secondary N) is 2. The predicted molar refractivity (Wildman–Crippen MR) is 133 cm³/mol. The minimum Gasteiger partial charge on any atom is -0.493 e. The third-order valence-corrected chi connectivity index (χ3v) is 5.29. The Bertz CT molecular complexity index is 1070. The molecule has 35 heavy (non-hydrogen) atoms. The van der Waals surface area contributed by atoms with Gasteiger partial charge >= 0.3 is 0 Å². The van der Waals surface area contributed by atoms with Gasteiger partial charge in [0.2, 0.25) is 5.91 Å². The van der Waals surface area contributed by atoms with Crippen molar-refractivity contribution in [3.05, 3.63) is 54.2 Å². The Labute approximate surface area is 205 Å². The van der Waals surface area contributed by atoms with Crippen LogP contribution in [0, 0.1) is 0 Å². The molecule has 0 aliphatic rings. The van der Waals surface area contributed by atoms with Crippen LogP contribution in [0.3, 0.4) is 0 Å². The molecule has 2 aromatic carbocycles. The summed E-state index contributed by atoms with van der Waals surface area (Å²) >= 11 is 0. The molecule has 0 saturated carbocycles. The third kappa shape index (κ3) is 7.73. The zero-order chi connectivity index (χ0) is 25.0. The monoisotopic (exact) mass is 483 g/mol. The number of rotatable bonds is 14. The summed E-state index contributed by atoms with van der Waals surface area (Å²) in [7, 11) is 3.22. The summed E-state index contributed by atoms with van der Waals surface area (Å²) in [4.78, 5) is 12.0. The zero-order valence-electron chi connectivity index (χ0n) is 20.4. The summed E-state index contributed by atoms with van der Waals surface area (Å²) < 4.78 is 21.8. The molecular formula is C26H33N3O6. The van der Waals surface area contributed by atoms with Crippen LogP contribution in [0.4, 0.5) is 5.69 Å². The molecule has 9 nitrogen and oxygen atoms in total.